The molecule has 0 bridgehead atoms. The van der Waals surface area contributed by atoms with Gasteiger partial charge >= 0.3 is 6.18 Å². The van der Waals surface area contributed by atoms with Crippen LogP contribution in [-0.2, 0) is 6.18 Å². The molecule has 2 rings (SSSR count). The molecule has 1 aromatic carbocycles. The highest BCUT2D eigenvalue weighted by molar-refractivity contribution is 9.10. The predicted molar refractivity (Wildman–Crippen MR) is 74.2 cm³/mol. The van der Waals surface area contributed by atoms with E-state index in [0.717, 1.165) is 16.1 Å². The van der Waals surface area contributed by atoms with Crippen LogP contribution in [-0.4, -0.2) is 9.97 Å². The van der Waals surface area contributed by atoms with Gasteiger partial charge in [-0.25, -0.2) is 9.97 Å². The first-order valence-corrected chi connectivity index (χ1v) is 6.57. The zero-order chi connectivity index (χ0) is 14.9. The normalized spacial score (nSPS) is 11.5. The maximum atomic E-state index is 12.6. The number of hydrogen-bond acceptors (Lipinski definition) is 3. The second kappa shape index (κ2) is 5.57. The number of hydrogen-bond donors (Lipinski definition) is 1. The third-order valence-corrected chi connectivity index (χ3v) is 2.93. The molecule has 0 saturated heterocycles. The van der Waals surface area contributed by atoms with Gasteiger partial charge in [0.1, 0.15) is 5.82 Å². The zero-order valence-corrected chi connectivity index (χ0v) is 12.4. The van der Waals surface area contributed by atoms with Crippen molar-refractivity contribution in [2.24, 2.45) is 0 Å². The minimum Gasteiger partial charge on any atom is -0.340 e. The summed E-state index contributed by atoms with van der Waals surface area (Å²) in [5.74, 6) is -0.0187. The van der Waals surface area contributed by atoms with Crippen molar-refractivity contribution in [3.8, 4) is 0 Å². The fraction of sp³-hybridized carbons (Fsp3) is 0.167. The van der Waals surface area contributed by atoms with Crippen LogP contribution in [0.15, 0.2) is 28.7 Å². The van der Waals surface area contributed by atoms with Crippen molar-refractivity contribution in [1.29, 1.82) is 0 Å². The minimum atomic E-state index is -4.57. The van der Waals surface area contributed by atoms with Gasteiger partial charge in [0.25, 0.3) is 0 Å². The summed E-state index contributed by atoms with van der Waals surface area (Å²) in [6.45, 7) is 1.87. The quantitative estimate of drug-likeness (QED) is 0.763. The lowest BCUT2D eigenvalue weighted by atomic mass is 10.2. The molecule has 0 radical (unpaired) electrons. The van der Waals surface area contributed by atoms with Crippen LogP contribution in [0.5, 0.6) is 0 Å². The fourth-order valence-electron chi connectivity index (χ4n) is 1.58. The number of anilines is 2. The Morgan fingerprint density at radius 1 is 1.15 bits per heavy atom. The van der Waals surface area contributed by atoms with Crippen molar-refractivity contribution in [2.45, 2.75) is 13.1 Å². The molecule has 0 saturated carbocycles. The highest BCUT2D eigenvalue weighted by Crippen LogP contribution is 2.30. The number of benzene rings is 1. The summed E-state index contributed by atoms with van der Waals surface area (Å²) < 4.78 is 38.7. The molecule has 0 aliphatic rings. The zero-order valence-electron chi connectivity index (χ0n) is 10.1. The summed E-state index contributed by atoms with van der Waals surface area (Å²) in [5, 5.41) is 2.31. The molecule has 0 fully saturated rings. The molecule has 0 spiro atoms. The van der Waals surface area contributed by atoms with E-state index < -0.39 is 17.2 Å². The average Bonchev–Trinajstić information content (AvgIpc) is 2.25. The molecule has 2 aromatic rings. The molecule has 1 heterocycles. The van der Waals surface area contributed by atoms with E-state index in [-0.39, 0.29) is 5.82 Å². The summed E-state index contributed by atoms with van der Waals surface area (Å²) in [6, 6.07) is 6.17. The Labute approximate surface area is 126 Å². The predicted octanol–water partition coefficient (Wildman–Crippen LogP) is 4.96. The van der Waals surface area contributed by atoms with Gasteiger partial charge in [0, 0.05) is 16.2 Å². The summed E-state index contributed by atoms with van der Waals surface area (Å²) in [4.78, 5) is 6.89. The Bertz CT molecular complexity index is 626. The van der Waals surface area contributed by atoms with Crippen LogP contribution in [0.3, 0.4) is 0 Å². The van der Waals surface area contributed by atoms with Crippen molar-refractivity contribution < 1.29 is 13.2 Å². The van der Waals surface area contributed by atoms with Crippen LogP contribution < -0.4 is 5.32 Å². The van der Waals surface area contributed by atoms with Crippen LogP contribution in [0.1, 0.15) is 11.3 Å². The topological polar surface area (TPSA) is 37.8 Å². The number of aryl methyl sites for hydroxylation is 1. The molecule has 0 atom stereocenters. The summed E-state index contributed by atoms with van der Waals surface area (Å²) in [7, 11) is 0. The van der Waals surface area contributed by atoms with E-state index in [0.29, 0.717) is 5.69 Å². The summed E-state index contributed by atoms with van der Waals surface area (Å²) in [5.41, 5.74) is 0.449. The fourth-order valence-corrected chi connectivity index (χ4v) is 2.37. The smallest absolute Gasteiger partial charge is 0.340 e. The maximum Gasteiger partial charge on any atom is 0.433 e. The average molecular weight is 367 g/mol. The molecule has 0 aliphatic heterocycles. The number of rotatable bonds is 2. The van der Waals surface area contributed by atoms with E-state index >= 15 is 0 Å². The molecule has 106 valence electrons. The molecule has 0 amide bonds. The van der Waals surface area contributed by atoms with Crippen LogP contribution in [0.25, 0.3) is 0 Å². The standard InChI is InChI=1S/C12H8BrClF3N3/c1-6-2-7(13)4-8(3-6)18-10-5-9(12(15,16)17)19-11(14)20-10/h2-5H,1H3,(H,18,19,20). The van der Waals surface area contributed by atoms with Crippen LogP contribution in [0, 0.1) is 6.92 Å². The molecule has 1 aromatic heterocycles. The molecular formula is C12H8BrClF3N3. The number of aromatic nitrogens is 2. The Morgan fingerprint density at radius 3 is 2.45 bits per heavy atom. The van der Waals surface area contributed by atoms with Gasteiger partial charge < -0.3 is 5.32 Å². The first kappa shape index (κ1) is 15.1. The second-order valence-electron chi connectivity index (χ2n) is 4.05. The van der Waals surface area contributed by atoms with E-state index in [2.05, 4.69) is 31.2 Å². The largest absolute Gasteiger partial charge is 0.433 e. The van der Waals surface area contributed by atoms with Crippen molar-refractivity contribution >= 4 is 39.0 Å². The molecule has 1 N–H and O–H groups in total. The Morgan fingerprint density at radius 2 is 1.85 bits per heavy atom. The van der Waals surface area contributed by atoms with Gasteiger partial charge in [-0.1, -0.05) is 15.9 Å². The van der Waals surface area contributed by atoms with Gasteiger partial charge in [-0.3, -0.25) is 0 Å². The van der Waals surface area contributed by atoms with Crippen LogP contribution >= 0.6 is 27.5 Å². The summed E-state index contributed by atoms with van der Waals surface area (Å²) in [6.07, 6.45) is -4.57. The summed E-state index contributed by atoms with van der Waals surface area (Å²) >= 11 is 8.82. The Hall–Kier alpha value is -1.34. The Balaban J connectivity index is 2.36. The lowest BCUT2D eigenvalue weighted by Gasteiger charge is -2.10. The molecule has 20 heavy (non-hydrogen) atoms. The monoisotopic (exact) mass is 365 g/mol. The van der Waals surface area contributed by atoms with E-state index in [1.807, 2.05) is 13.0 Å². The minimum absolute atomic E-state index is 0.0187. The van der Waals surface area contributed by atoms with Gasteiger partial charge in [-0.15, -0.1) is 0 Å². The van der Waals surface area contributed by atoms with E-state index in [9.17, 15) is 13.2 Å². The molecule has 8 heteroatoms. The van der Waals surface area contributed by atoms with E-state index in [1.54, 1.807) is 12.1 Å². The van der Waals surface area contributed by atoms with Crippen molar-refractivity contribution in [3.05, 3.63) is 45.3 Å². The molecule has 0 unspecified atom stereocenters. The van der Waals surface area contributed by atoms with E-state index in [4.69, 9.17) is 11.6 Å². The first-order valence-electron chi connectivity index (χ1n) is 5.40. The third-order valence-electron chi connectivity index (χ3n) is 2.30. The molecular weight excluding hydrogens is 359 g/mol. The SMILES string of the molecule is Cc1cc(Br)cc(Nc2cc(C(F)(F)F)nc(Cl)n2)c1. The van der Waals surface area contributed by atoms with Gasteiger partial charge in [0.05, 0.1) is 0 Å². The van der Waals surface area contributed by atoms with Gasteiger partial charge in [-0.2, -0.15) is 13.2 Å². The second-order valence-corrected chi connectivity index (χ2v) is 5.30. The van der Waals surface area contributed by atoms with Gasteiger partial charge in [-0.05, 0) is 42.3 Å². The lowest BCUT2D eigenvalue weighted by molar-refractivity contribution is -0.141. The maximum absolute atomic E-state index is 12.6. The number of nitrogens with zero attached hydrogens (tertiary/aromatic N) is 2. The van der Waals surface area contributed by atoms with Crippen molar-refractivity contribution in [2.75, 3.05) is 5.32 Å². The van der Waals surface area contributed by atoms with Crippen molar-refractivity contribution in [3.63, 3.8) is 0 Å². The van der Waals surface area contributed by atoms with E-state index in [1.165, 1.54) is 0 Å². The lowest BCUT2D eigenvalue weighted by Crippen LogP contribution is -2.10. The number of nitrogens with one attached hydrogen (secondary N) is 1. The highest BCUT2D eigenvalue weighted by atomic mass is 79.9. The molecule has 0 aliphatic carbocycles. The van der Waals surface area contributed by atoms with Gasteiger partial charge in [0.2, 0.25) is 5.28 Å². The highest BCUT2D eigenvalue weighted by Gasteiger charge is 2.33. The van der Waals surface area contributed by atoms with Crippen molar-refractivity contribution in [1.82, 2.24) is 9.97 Å². The van der Waals surface area contributed by atoms with Gasteiger partial charge in [0.15, 0.2) is 5.69 Å². The van der Waals surface area contributed by atoms with Crippen LogP contribution in [0.4, 0.5) is 24.7 Å². The number of halogens is 5. The first-order chi connectivity index (χ1) is 9.24. The Kier molecular flexibility index (Phi) is 4.19. The number of alkyl halides is 3. The molecule has 3 nitrogen and oxygen atoms in total. The van der Waals surface area contributed by atoms with Crippen LogP contribution in [0.2, 0.25) is 5.28 Å². The third kappa shape index (κ3) is 3.83.